The van der Waals surface area contributed by atoms with Crippen LogP contribution >= 0.6 is 0 Å². The van der Waals surface area contributed by atoms with Crippen molar-refractivity contribution in [2.45, 2.75) is 33.1 Å². The van der Waals surface area contributed by atoms with Crippen LogP contribution < -0.4 is 10.6 Å². The van der Waals surface area contributed by atoms with Crippen molar-refractivity contribution in [3.63, 3.8) is 0 Å². The molecule has 0 heterocycles. The first kappa shape index (κ1) is 21.1. The molecule has 0 fully saturated rings. The van der Waals surface area contributed by atoms with E-state index in [4.69, 9.17) is 4.74 Å². The number of esters is 1. The SMILES string of the molecule is Cc1ccc(NC(=O)COC(=O)CCCC(=O)Nc2ccc(F)cc2)cc1C. The topological polar surface area (TPSA) is 84.5 Å². The molecule has 148 valence electrons. The second kappa shape index (κ2) is 10.2. The highest BCUT2D eigenvalue weighted by Gasteiger charge is 2.10. The minimum absolute atomic E-state index is 0.0216. The van der Waals surface area contributed by atoms with Crippen LogP contribution in [-0.2, 0) is 19.1 Å². The van der Waals surface area contributed by atoms with Gasteiger partial charge in [-0.15, -0.1) is 0 Å². The number of rotatable bonds is 8. The molecule has 2 aromatic carbocycles. The molecule has 0 aliphatic carbocycles. The fraction of sp³-hybridized carbons (Fsp3) is 0.286. The highest BCUT2D eigenvalue weighted by atomic mass is 19.1. The van der Waals surface area contributed by atoms with E-state index in [9.17, 15) is 18.8 Å². The zero-order chi connectivity index (χ0) is 20.5. The number of nitrogens with one attached hydrogen (secondary N) is 2. The van der Waals surface area contributed by atoms with Crippen LogP contribution in [-0.4, -0.2) is 24.4 Å². The zero-order valence-corrected chi connectivity index (χ0v) is 15.9. The molecule has 2 aromatic rings. The van der Waals surface area contributed by atoms with Gasteiger partial charge >= 0.3 is 5.97 Å². The van der Waals surface area contributed by atoms with Crippen molar-refractivity contribution >= 4 is 29.2 Å². The molecule has 7 heteroatoms. The lowest BCUT2D eigenvalue weighted by molar-refractivity contribution is -0.147. The molecule has 0 aliphatic rings. The van der Waals surface area contributed by atoms with Crippen LogP contribution in [0.15, 0.2) is 42.5 Å². The number of carbonyl (C=O) groups is 3. The number of halogens is 1. The van der Waals surface area contributed by atoms with Crippen molar-refractivity contribution in [2.75, 3.05) is 17.2 Å². The third-order valence-electron chi connectivity index (χ3n) is 4.07. The minimum atomic E-state index is -0.551. The number of benzene rings is 2. The van der Waals surface area contributed by atoms with Crippen molar-refractivity contribution in [1.82, 2.24) is 0 Å². The lowest BCUT2D eigenvalue weighted by Crippen LogP contribution is -2.21. The summed E-state index contributed by atoms with van der Waals surface area (Å²) in [5.41, 5.74) is 3.29. The third-order valence-corrected chi connectivity index (χ3v) is 4.07. The number of carbonyl (C=O) groups excluding carboxylic acids is 3. The number of hydrogen-bond donors (Lipinski definition) is 2. The van der Waals surface area contributed by atoms with E-state index in [1.807, 2.05) is 26.0 Å². The van der Waals surface area contributed by atoms with Crippen molar-refractivity contribution in [3.8, 4) is 0 Å². The van der Waals surface area contributed by atoms with Crippen molar-refractivity contribution < 1.29 is 23.5 Å². The number of ether oxygens (including phenoxy) is 1. The van der Waals surface area contributed by atoms with Crippen LogP contribution in [0.3, 0.4) is 0 Å². The van der Waals surface area contributed by atoms with E-state index in [0.29, 0.717) is 11.4 Å². The van der Waals surface area contributed by atoms with E-state index in [-0.39, 0.29) is 37.6 Å². The van der Waals surface area contributed by atoms with E-state index < -0.39 is 11.9 Å². The Balaban J connectivity index is 1.63. The second-order valence-corrected chi connectivity index (χ2v) is 6.42. The Kier molecular flexibility index (Phi) is 7.68. The number of hydrogen-bond acceptors (Lipinski definition) is 4. The molecular formula is C21H23FN2O4. The summed E-state index contributed by atoms with van der Waals surface area (Å²) in [4.78, 5) is 35.3. The molecule has 0 aromatic heterocycles. The van der Waals surface area contributed by atoms with Gasteiger partial charge in [-0.05, 0) is 67.8 Å². The highest BCUT2D eigenvalue weighted by molar-refractivity contribution is 5.93. The summed E-state index contributed by atoms with van der Waals surface area (Å²) in [5.74, 6) is -1.65. The largest absolute Gasteiger partial charge is 0.456 e. The van der Waals surface area contributed by atoms with Crippen LogP contribution in [0.4, 0.5) is 15.8 Å². The van der Waals surface area contributed by atoms with Crippen LogP contribution in [0, 0.1) is 19.7 Å². The Bertz CT molecular complexity index is 850. The molecule has 2 rings (SSSR count). The van der Waals surface area contributed by atoms with Gasteiger partial charge in [-0.1, -0.05) is 6.07 Å². The average Bonchev–Trinajstić information content (AvgIpc) is 2.65. The van der Waals surface area contributed by atoms with Gasteiger partial charge in [0, 0.05) is 24.2 Å². The highest BCUT2D eigenvalue weighted by Crippen LogP contribution is 2.14. The quantitative estimate of drug-likeness (QED) is 0.677. The first-order valence-corrected chi connectivity index (χ1v) is 8.91. The summed E-state index contributed by atoms with van der Waals surface area (Å²) in [6.45, 7) is 3.54. The Labute approximate surface area is 163 Å². The molecule has 0 aliphatic heterocycles. The second-order valence-electron chi connectivity index (χ2n) is 6.42. The van der Waals surface area contributed by atoms with Crippen molar-refractivity contribution in [3.05, 3.63) is 59.4 Å². The van der Waals surface area contributed by atoms with Gasteiger partial charge in [-0.25, -0.2) is 4.39 Å². The summed E-state index contributed by atoms with van der Waals surface area (Å²) in [6.07, 6.45) is 0.416. The van der Waals surface area contributed by atoms with E-state index in [1.165, 1.54) is 24.3 Å². The molecule has 2 N–H and O–H groups in total. The van der Waals surface area contributed by atoms with Gasteiger partial charge in [0.25, 0.3) is 5.91 Å². The van der Waals surface area contributed by atoms with Gasteiger partial charge in [-0.2, -0.15) is 0 Å². The first-order chi connectivity index (χ1) is 13.3. The molecule has 0 spiro atoms. The van der Waals surface area contributed by atoms with Gasteiger partial charge in [-0.3, -0.25) is 14.4 Å². The predicted molar refractivity (Wildman–Crippen MR) is 104 cm³/mol. The molecule has 0 radical (unpaired) electrons. The maximum Gasteiger partial charge on any atom is 0.306 e. The maximum absolute atomic E-state index is 12.8. The molecule has 0 unspecified atom stereocenters. The van der Waals surface area contributed by atoms with Crippen molar-refractivity contribution in [1.29, 1.82) is 0 Å². The summed E-state index contributed by atoms with van der Waals surface area (Å²) in [5, 5.41) is 5.27. The van der Waals surface area contributed by atoms with Crippen LogP contribution in [0.25, 0.3) is 0 Å². The smallest absolute Gasteiger partial charge is 0.306 e. The number of anilines is 2. The number of aryl methyl sites for hydroxylation is 2. The zero-order valence-electron chi connectivity index (χ0n) is 15.9. The molecule has 0 saturated heterocycles. The molecule has 6 nitrogen and oxygen atoms in total. The molecular weight excluding hydrogens is 363 g/mol. The minimum Gasteiger partial charge on any atom is -0.456 e. The van der Waals surface area contributed by atoms with E-state index in [2.05, 4.69) is 10.6 Å². The monoisotopic (exact) mass is 386 g/mol. The summed E-state index contributed by atoms with van der Waals surface area (Å²) < 4.78 is 17.7. The van der Waals surface area contributed by atoms with Crippen LogP contribution in [0.5, 0.6) is 0 Å². The normalized spacial score (nSPS) is 10.2. The Morgan fingerprint density at radius 3 is 2.18 bits per heavy atom. The molecule has 28 heavy (non-hydrogen) atoms. The molecule has 0 saturated carbocycles. The number of amides is 2. The fourth-order valence-corrected chi connectivity index (χ4v) is 2.38. The standard InChI is InChI=1S/C21H23FN2O4/c1-14-6-9-18(12-15(14)2)24-20(26)13-28-21(27)5-3-4-19(25)23-17-10-7-16(22)8-11-17/h6-12H,3-5,13H2,1-2H3,(H,23,25)(H,24,26). The van der Waals surface area contributed by atoms with E-state index in [1.54, 1.807) is 6.07 Å². The van der Waals surface area contributed by atoms with Crippen LogP contribution in [0.2, 0.25) is 0 Å². The summed E-state index contributed by atoms with van der Waals surface area (Å²) in [6, 6.07) is 10.9. The van der Waals surface area contributed by atoms with Crippen LogP contribution in [0.1, 0.15) is 30.4 Å². The van der Waals surface area contributed by atoms with Gasteiger partial charge in [0.05, 0.1) is 0 Å². The average molecular weight is 386 g/mol. The van der Waals surface area contributed by atoms with E-state index in [0.717, 1.165) is 11.1 Å². The fourth-order valence-electron chi connectivity index (χ4n) is 2.38. The van der Waals surface area contributed by atoms with Gasteiger partial charge in [0.15, 0.2) is 6.61 Å². The van der Waals surface area contributed by atoms with Crippen molar-refractivity contribution in [2.24, 2.45) is 0 Å². The van der Waals surface area contributed by atoms with E-state index >= 15 is 0 Å². The Morgan fingerprint density at radius 1 is 0.857 bits per heavy atom. The Hall–Kier alpha value is -3.22. The molecule has 2 amide bonds. The summed E-state index contributed by atoms with van der Waals surface area (Å²) in [7, 11) is 0. The Morgan fingerprint density at radius 2 is 1.50 bits per heavy atom. The third kappa shape index (κ3) is 7.19. The summed E-state index contributed by atoms with van der Waals surface area (Å²) >= 11 is 0. The lowest BCUT2D eigenvalue weighted by atomic mass is 10.1. The van der Waals surface area contributed by atoms with Gasteiger partial charge in [0.2, 0.25) is 5.91 Å². The maximum atomic E-state index is 12.8. The van der Waals surface area contributed by atoms with Gasteiger partial charge < -0.3 is 15.4 Å². The predicted octanol–water partition coefficient (Wildman–Crippen LogP) is 3.73. The van der Waals surface area contributed by atoms with Gasteiger partial charge in [0.1, 0.15) is 5.82 Å². The molecule has 0 atom stereocenters. The lowest BCUT2D eigenvalue weighted by Gasteiger charge is -2.08. The first-order valence-electron chi connectivity index (χ1n) is 8.91. The molecule has 0 bridgehead atoms.